The van der Waals surface area contributed by atoms with Gasteiger partial charge in [0.05, 0.1) is 0 Å². The summed E-state index contributed by atoms with van der Waals surface area (Å²) >= 11 is 0. The monoisotopic (exact) mass is 121 g/mol. The first kappa shape index (κ1) is 4.43. The second-order valence-electron chi connectivity index (χ2n) is 1.61. The van der Waals surface area contributed by atoms with Crippen LogP contribution in [0.5, 0.6) is 0 Å². The van der Waals surface area contributed by atoms with Gasteiger partial charge in [0, 0.05) is 6.20 Å². The van der Waals surface area contributed by atoms with E-state index in [1.807, 2.05) is 0 Å². The van der Waals surface area contributed by atoms with E-state index in [0.717, 1.165) is 0 Å². The molecule has 4 nitrogen and oxygen atoms in total. The van der Waals surface area contributed by atoms with Crippen molar-refractivity contribution in [1.82, 2.24) is 15.3 Å². The van der Waals surface area contributed by atoms with Crippen LogP contribution in [-0.4, -0.2) is 15.3 Å². The Hall–Kier alpha value is -1.45. The molecule has 0 aromatic carbocycles. The van der Waals surface area contributed by atoms with Crippen LogP contribution in [0.25, 0.3) is 11.2 Å². The molecule has 0 fully saturated rings. The first-order chi connectivity index (χ1) is 4.47. The standard InChI is InChI=1S/C5H3N3O/c1-2-4-5(6-3-1)8-9-7-4/h1-3H. The molecule has 0 spiro atoms. The molecule has 2 heterocycles. The lowest BCUT2D eigenvalue weighted by atomic mass is 10.4. The minimum absolute atomic E-state index is 0.553. The predicted molar refractivity (Wildman–Crippen MR) is 29.6 cm³/mol. The fourth-order valence-corrected chi connectivity index (χ4v) is 0.633. The molecule has 0 saturated carbocycles. The second kappa shape index (κ2) is 1.51. The van der Waals surface area contributed by atoms with Gasteiger partial charge in [-0.1, -0.05) is 0 Å². The lowest BCUT2D eigenvalue weighted by Crippen LogP contribution is -1.71. The molecule has 0 bridgehead atoms. The average Bonchev–Trinajstić information content (AvgIpc) is 2.33. The Morgan fingerprint density at radius 1 is 1.33 bits per heavy atom. The Bertz CT molecular complexity index is 286. The maximum atomic E-state index is 4.40. The molecule has 0 unspecified atom stereocenters. The van der Waals surface area contributed by atoms with Crippen molar-refractivity contribution in [3.63, 3.8) is 0 Å². The summed E-state index contributed by atoms with van der Waals surface area (Å²) in [6.45, 7) is 0. The van der Waals surface area contributed by atoms with Crippen molar-refractivity contribution in [3.8, 4) is 0 Å². The minimum Gasteiger partial charge on any atom is -0.242 e. The summed E-state index contributed by atoms with van der Waals surface area (Å²) in [7, 11) is 0. The van der Waals surface area contributed by atoms with E-state index in [0.29, 0.717) is 11.2 Å². The molecule has 0 N–H and O–H groups in total. The third kappa shape index (κ3) is 0.561. The molecule has 44 valence electrons. The fraction of sp³-hybridized carbons (Fsp3) is 0. The van der Waals surface area contributed by atoms with Crippen LogP contribution in [0.1, 0.15) is 0 Å². The highest BCUT2D eigenvalue weighted by molar-refractivity contribution is 5.67. The number of pyridine rings is 1. The van der Waals surface area contributed by atoms with Crippen LogP contribution in [0.3, 0.4) is 0 Å². The number of hydrogen-bond donors (Lipinski definition) is 0. The van der Waals surface area contributed by atoms with Gasteiger partial charge in [-0.25, -0.2) is 9.61 Å². The highest BCUT2D eigenvalue weighted by atomic mass is 16.6. The molecule has 0 aliphatic rings. The number of rotatable bonds is 0. The van der Waals surface area contributed by atoms with E-state index in [1.54, 1.807) is 18.3 Å². The van der Waals surface area contributed by atoms with Crippen molar-refractivity contribution < 1.29 is 4.63 Å². The normalized spacial score (nSPS) is 10.2. The Labute approximate surface area is 50.5 Å². The third-order valence-electron chi connectivity index (χ3n) is 1.03. The Morgan fingerprint density at radius 3 is 3.22 bits per heavy atom. The van der Waals surface area contributed by atoms with Gasteiger partial charge in [-0.2, -0.15) is 0 Å². The van der Waals surface area contributed by atoms with E-state index in [9.17, 15) is 0 Å². The molecule has 0 saturated heterocycles. The van der Waals surface area contributed by atoms with E-state index in [2.05, 4.69) is 19.9 Å². The van der Waals surface area contributed by atoms with Crippen LogP contribution >= 0.6 is 0 Å². The van der Waals surface area contributed by atoms with Crippen molar-refractivity contribution >= 4 is 11.2 Å². The molecule has 0 radical (unpaired) electrons. The zero-order valence-corrected chi connectivity index (χ0v) is 4.48. The highest BCUT2D eigenvalue weighted by Crippen LogP contribution is 2.01. The summed E-state index contributed by atoms with van der Waals surface area (Å²) in [6.07, 6.45) is 1.65. The maximum Gasteiger partial charge on any atom is 0.224 e. The smallest absolute Gasteiger partial charge is 0.224 e. The van der Waals surface area contributed by atoms with Gasteiger partial charge in [-0.3, -0.25) is 0 Å². The van der Waals surface area contributed by atoms with E-state index in [1.165, 1.54) is 0 Å². The Balaban J connectivity index is 2.95. The molecule has 0 aliphatic carbocycles. The van der Waals surface area contributed by atoms with Crippen LogP contribution in [-0.2, 0) is 0 Å². The fourth-order valence-electron chi connectivity index (χ4n) is 0.633. The summed E-state index contributed by atoms with van der Waals surface area (Å²) < 4.78 is 4.40. The molecule has 2 rings (SSSR count). The molecule has 0 atom stereocenters. The molecule has 2 aromatic rings. The first-order valence-electron chi connectivity index (χ1n) is 2.50. The quantitative estimate of drug-likeness (QED) is 0.512. The van der Waals surface area contributed by atoms with Gasteiger partial charge in [0.2, 0.25) is 5.65 Å². The van der Waals surface area contributed by atoms with Gasteiger partial charge >= 0.3 is 0 Å². The van der Waals surface area contributed by atoms with Crippen molar-refractivity contribution in [2.24, 2.45) is 0 Å². The highest BCUT2D eigenvalue weighted by Gasteiger charge is 1.95. The number of nitrogens with zero attached hydrogens (tertiary/aromatic N) is 3. The van der Waals surface area contributed by atoms with Gasteiger partial charge in [0.1, 0.15) is 0 Å². The second-order valence-corrected chi connectivity index (χ2v) is 1.61. The Morgan fingerprint density at radius 2 is 2.33 bits per heavy atom. The van der Waals surface area contributed by atoms with Crippen LogP contribution in [0.2, 0.25) is 0 Å². The van der Waals surface area contributed by atoms with Gasteiger partial charge in [-0.05, 0) is 22.4 Å². The number of fused-ring (bicyclic) bond motifs is 1. The summed E-state index contributed by atoms with van der Waals surface area (Å²) in [4.78, 5) is 3.87. The molecule has 2 aromatic heterocycles. The largest absolute Gasteiger partial charge is 0.242 e. The zero-order valence-electron chi connectivity index (χ0n) is 4.48. The van der Waals surface area contributed by atoms with Crippen LogP contribution in [0.15, 0.2) is 23.0 Å². The van der Waals surface area contributed by atoms with Gasteiger partial charge < -0.3 is 0 Å². The predicted octanol–water partition coefficient (Wildman–Crippen LogP) is 0.618. The van der Waals surface area contributed by atoms with Crippen molar-refractivity contribution in [2.75, 3.05) is 0 Å². The van der Waals surface area contributed by atoms with Crippen molar-refractivity contribution in [2.45, 2.75) is 0 Å². The van der Waals surface area contributed by atoms with Gasteiger partial charge in [0.15, 0.2) is 5.52 Å². The SMILES string of the molecule is c1cnc2nonc2c1. The summed E-state index contributed by atoms with van der Waals surface area (Å²) in [6, 6.07) is 3.57. The number of aromatic nitrogens is 3. The molecular formula is C5H3N3O. The van der Waals surface area contributed by atoms with E-state index >= 15 is 0 Å². The van der Waals surface area contributed by atoms with Gasteiger partial charge in [-0.15, -0.1) is 0 Å². The number of hydrogen-bond acceptors (Lipinski definition) is 4. The van der Waals surface area contributed by atoms with Crippen LogP contribution in [0.4, 0.5) is 0 Å². The molecule has 0 amide bonds. The topological polar surface area (TPSA) is 51.8 Å². The molecule has 4 heteroatoms. The summed E-state index contributed by atoms with van der Waals surface area (Å²) in [5.41, 5.74) is 1.25. The zero-order chi connectivity index (χ0) is 6.10. The van der Waals surface area contributed by atoms with Crippen LogP contribution < -0.4 is 0 Å². The van der Waals surface area contributed by atoms with E-state index < -0.39 is 0 Å². The van der Waals surface area contributed by atoms with E-state index in [4.69, 9.17) is 0 Å². The summed E-state index contributed by atoms with van der Waals surface area (Å²) in [5, 5.41) is 7.09. The minimum atomic E-state index is 0.553. The van der Waals surface area contributed by atoms with Gasteiger partial charge in [0.25, 0.3) is 0 Å². The van der Waals surface area contributed by atoms with Crippen molar-refractivity contribution in [3.05, 3.63) is 18.3 Å². The molecule has 9 heavy (non-hydrogen) atoms. The third-order valence-corrected chi connectivity index (χ3v) is 1.03. The van der Waals surface area contributed by atoms with Crippen molar-refractivity contribution in [1.29, 1.82) is 0 Å². The van der Waals surface area contributed by atoms with Crippen LogP contribution in [0, 0.1) is 0 Å². The maximum absolute atomic E-state index is 4.40. The summed E-state index contributed by atoms with van der Waals surface area (Å²) in [5.74, 6) is 0. The lowest BCUT2D eigenvalue weighted by molar-refractivity contribution is 0.315. The van der Waals surface area contributed by atoms with E-state index in [-0.39, 0.29) is 0 Å². The molecule has 0 aliphatic heterocycles. The molecular weight excluding hydrogens is 118 g/mol. The lowest BCUT2D eigenvalue weighted by Gasteiger charge is -1.75. The Kier molecular flexibility index (Phi) is 0.745. The average molecular weight is 121 g/mol. The first-order valence-corrected chi connectivity index (χ1v) is 2.50.